The number of hydrogen-bond acceptors (Lipinski definition) is 2. The minimum atomic E-state index is -0.826. The first kappa shape index (κ1) is 13.1. The molecule has 0 aliphatic carbocycles. The number of aromatic amines is 1. The van der Waals surface area contributed by atoms with E-state index >= 15 is 0 Å². The van der Waals surface area contributed by atoms with Crippen LogP contribution in [0.1, 0.15) is 10.4 Å². The first-order valence-corrected chi connectivity index (χ1v) is 6.18. The van der Waals surface area contributed by atoms with Crippen molar-refractivity contribution in [3.8, 4) is 0 Å². The minimum Gasteiger partial charge on any atom is -0.399 e. The molecule has 0 radical (unpaired) electrons. The molecule has 0 fully saturated rings. The molecule has 3 aromatic rings. The molecule has 0 saturated carbocycles. The topological polar surface area (TPSA) is 70.9 Å². The zero-order valence-corrected chi connectivity index (χ0v) is 10.8. The van der Waals surface area contributed by atoms with Crippen LogP contribution in [-0.2, 0) is 0 Å². The van der Waals surface area contributed by atoms with Crippen molar-refractivity contribution in [3.05, 3.63) is 59.8 Å². The Labute approximate surface area is 118 Å². The van der Waals surface area contributed by atoms with Gasteiger partial charge in [0.15, 0.2) is 0 Å². The molecule has 6 heteroatoms. The van der Waals surface area contributed by atoms with E-state index in [0.717, 1.165) is 12.1 Å². The first-order chi connectivity index (χ1) is 10.1. The van der Waals surface area contributed by atoms with Crippen molar-refractivity contribution in [2.24, 2.45) is 0 Å². The highest BCUT2D eigenvalue weighted by molar-refractivity contribution is 6.13. The van der Waals surface area contributed by atoms with Crippen molar-refractivity contribution in [1.29, 1.82) is 0 Å². The van der Waals surface area contributed by atoms with Gasteiger partial charge in [-0.15, -0.1) is 0 Å². The van der Waals surface area contributed by atoms with E-state index in [1.54, 1.807) is 18.2 Å². The SMILES string of the molecule is Nc1ccc2c(C(=O)Nc3c(F)cccc3F)c[nH]c2c1. The van der Waals surface area contributed by atoms with Crippen molar-refractivity contribution in [2.75, 3.05) is 11.1 Å². The Morgan fingerprint density at radius 2 is 1.86 bits per heavy atom. The van der Waals surface area contributed by atoms with Gasteiger partial charge in [-0.3, -0.25) is 4.79 Å². The fourth-order valence-corrected chi connectivity index (χ4v) is 2.13. The molecule has 0 aliphatic rings. The van der Waals surface area contributed by atoms with Gasteiger partial charge in [0.25, 0.3) is 5.91 Å². The Bertz CT molecular complexity index is 822. The summed E-state index contributed by atoms with van der Waals surface area (Å²) in [7, 11) is 0. The van der Waals surface area contributed by atoms with E-state index in [2.05, 4.69) is 10.3 Å². The Hall–Kier alpha value is -2.89. The molecular weight excluding hydrogens is 276 g/mol. The van der Waals surface area contributed by atoms with Crippen molar-refractivity contribution >= 4 is 28.2 Å². The van der Waals surface area contributed by atoms with Gasteiger partial charge in [0, 0.05) is 22.8 Å². The number of hydrogen-bond donors (Lipinski definition) is 3. The van der Waals surface area contributed by atoms with E-state index in [1.165, 1.54) is 12.3 Å². The number of aromatic nitrogens is 1. The molecule has 2 aromatic carbocycles. The highest BCUT2D eigenvalue weighted by Gasteiger charge is 2.16. The molecule has 21 heavy (non-hydrogen) atoms. The summed E-state index contributed by atoms with van der Waals surface area (Å²) in [5.74, 6) is -2.25. The molecule has 1 amide bonds. The van der Waals surface area contributed by atoms with E-state index in [1.807, 2.05) is 0 Å². The Balaban J connectivity index is 1.98. The van der Waals surface area contributed by atoms with Gasteiger partial charge in [-0.1, -0.05) is 6.07 Å². The van der Waals surface area contributed by atoms with Crippen LogP contribution in [0.3, 0.4) is 0 Å². The number of nitrogen functional groups attached to an aromatic ring is 1. The Kier molecular flexibility index (Phi) is 3.06. The molecule has 0 bridgehead atoms. The molecule has 4 nitrogen and oxygen atoms in total. The second-order valence-corrected chi connectivity index (χ2v) is 4.56. The summed E-state index contributed by atoms with van der Waals surface area (Å²) in [6, 6.07) is 8.39. The smallest absolute Gasteiger partial charge is 0.257 e. The number of carbonyl (C=O) groups is 1. The molecule has 0 saturated heterocycles. The van der Waals surface area contributed by atoms with Crippen LogP contribution in [0.2, 0.25) is 0 Å². The summed E-state index contributed by atoms with van der Waals surface area (Å²) in [4.78, 5) is 15.1. The van der Waals surface area contributed by atoms with Gasteiger partial charge in [0.05, 0.1) is 5.56 Å². The predicted molar refractivity (Wildman–Crippen MR) is 77.0 cm³/mol. The van der Waals surface area contributed by atoms with Crippen LogP contribution in [0, 0.1) is 11.6 Å². The van der Waals surface area contributed by atoms with E-state index in [9.17, 15) is 13.6 Å². The molecule has 1 aromatic heterocycles. The van der Waals surface area contributed by atoms with Crippen LogP contribution in [0.15, 0.2) is 42.6 Å². The van der Waals surface area contributed by atoms with Crippen molar-refractivity contribution in [1.82, 2.24) is 4.98 Å². The van der Waals surface area contributed by atoms with Crippen LogP contribution in [-0.4, -0.2) is 10.9 Å². The van der Waals surface area contributed by atoms with Crippen LogP contribution in [0.4, 0.5) is 20.2 Å². The van der Waals surface area contributed by atoms with Crippen LogP contribution >= 0.6 is 0 Å². The normalized spacial score (nSPS) is 10.8. The number of anilines is 2. The van der Waals surface area contributed by atoms with Gasteiger partial charge in [0.1, 0.15) is 17.3 Å². The summed E-state index contributed by atoms with van der Waals surface area (Å²) in [6.07, 6.45) is 1.47. The number of para-hydroxylation sites is 1. The van der Waals surface area contributed by atoms with Gasteiger partial charge in [-0.2, -0.15) is 0 Å². The van der Waals surface area contributed by atoms with Crippen LogP contribution in [0.25, 0.3) is 10.9 Å². The molecular formula is C15H11F2N3O. The van der Waals surface area contributed by atoms with E-state index < -0.39 is 23.2 Å². The zero-order valence-electron chi connectivity index (χ0n) is 10.8. The number of benzene rings is 2. The maximum Gasteiger partial charge on any atom is 0.257 e. The lowest BCUT2D eigenvalue weighted by molar-refractivity contribution is 0.102. The second kappa shape index (κ2) is 4.90. The van der Waals surface area contributed by atoms with Crippen LogP contribution in [0.5, 0.6) is 0 Å². The number of nitrogens with one attached hydrogen (secondary N) is 2. The average Bonchev–Trinajstić information content (AvgIpc) is 2.85. The Morgan fingerprint density at radius 1 is 1.14 bits per heavy atom. The fourth-order valence-electron chi connectivity index (χ4n) is 2.13. The highest BCUT2D eigenvalue weighted by Crippen LogP contribution is 2.23. The molecule has 3 rings (SSSR count). The maximum absolute atomic E-state index is 13.5. The molecule has 1 heterocycles. The number of H-pyrrole nitrogens is 1. The summed E-state index contributed by atoms with van der Waals surface area (Å²) in [5.41, 5.74) is 6.70. The van der Waals surface area contributed by atoms with Crippen molar-refractivity contribution < 1.29 is 13.6 Å². The largest absolute Gasteiger partial charge is 0.399 e. The van der Waals surface area contributed by atoms with Crippen molar-refractivity contribution in [3.63, 3.8) is 0 Å². The lowest BCUT2D eigenvalue weighted by Crippen LogP contribution is -2.13. The van der Waals surface area contributed by atoms with Gasteiger partial charge in [-0.25, -0.2) is 8.78 Å². The monoisotopic (exact) mass is 287 g/mol. The van der Waals surface area contributed by atoms with Gasteiger partial charge >= 0.3 is 0 Å². The van der Waals surface area contributed by atoms with E-state index in [0.29, 0.717) is 16.6 Å². The van der Waals surface area contributed by atoms with Gasteiger partial charge < -0.3 is 16.0 Å². The van der Waals surface area contributed by atoms with E-state index in [4.69, 9.17) is 5.73 Å². The van der Waals surface area contributed by atoms with Crippen molar-refractivity contribution in [2.45, 2.75) is 0 Å². The number of rotatable bonds is 2. The number of fused-ring (bicyclic) bond motifs is 1. The van der Waals surface area contributed by atoms with Gasteiger partial charge in [0.2, 0.25) is 0 Å². The quantitative estimate of drug-likeness (QED) is 0.633. The summed E-state index contributed by atoms with van der Waals surface area (Å²) in [6.45, 7) is 0. The summed E-state index contributed by atoms with van der Waals surface area (Å²) in [5, 5.41) is 2.87. The molecule has 0 aliphatic heterocycles. The van der Waals surface area contributed by atoms with Gasteiger partial charge in [-0.05, 0) is 30.3 Å². The highest BCUT2D eigenvalue weighted by atomic mass is 19.1. The third kappa shape index (κ3) is 2.31. The first-order valence-electron chi connectivity index (χ1n) is 6.18. The van der Waals surface area contributed by atoms with Crippen LogP contribution < -0.4 is 11.1 Å². The third-order valence-electron chi connectivity index (χ3n) is 3.15. The third-order valence-corrected chi connectivity index (χ3v) is 3.15. The summed E-state index contributed by atoms with van der Waals surface area (Å²) < 4.78 is 27.1. The predicted octanol–water partition coefficient (Wildman–Crippen LogP) is 3.28. The van der Waals surface area contributed by atoms with E-state index in [-0.39, 0.29) is 5.56 Å². The Morgan fingerprint density at radius 3 is 2.57 bits per heavy atom. The minimum absolute atomic E-state index is 0.285. The fraction of sp³-hybridized carbons (Fsp3) is 0. The lowest BCUT2D eigenvalue weighted by Gasteiger charge is -2.06. The maximum atomic E-state index is 13.5. The molecule has 0 spiro atoms. The number of nitrogens with two attached hydrogens (primary N) is 1. The number of halogens is 2. The molecule has 4 N–H and O–H groups in total. The molecule has 0 atom stereocenters. The lowest BCUT2D eigenvalue weighted by atomic mass is 10.1. The summed E-state index contributed by atoms with van der Waals surface area (Å²) >= 11 is 0. The zero-order chi connectivity index (χ0) is 15.0. The number of amides is 1. The number of carbonyl (C=O) groups excluding carboxylic acids is 1. The standard InChI is InChI=1S/C15H11F2N3O/c16-11-2-1-3-12(17)14(11)20-15(21)10-7-19-13-6-8(18)4-5-9(10)13/h1-7,19H,18H2,(H,20,21). The second-order valence-electron chi connectivity index (χ2n) is 4.56. The molecule has 0 unspecified atom stereocenters. The average molecular weight is 287 g/mol. The molecule has 106 valence electrons.